The Balaban J connectivity index is 2.15. The molecule has 0 spiro atoms. The van der Waals surface area contributed by atoms with Crippen LogP contribution in [0.25, 0.3) is 0 Å². The van der Waals surface area contributed by atoms with E-state index in [9.17, 15) is 18.0 Å². The molecule has 0 heterocycles. The van der Waals surface area contributed by atoms with Gasteiger partial charge in [-0.1, -0.05) is 11.6 Å². The molecule has 0 aliphatic heterocycles. The Bertz CT molecular complexity index is 927. The number of ether oxygens (including phenoxy) is 1. The summed E-state index contributed by atoms with van der Waals surface area (Å²) >= 11 is 5.94. The first-order chi connectivity index (χ1) is 12.2. The molecular formula is C17H17ClN2O5S. The maximum absolute atomic E-state index is 12.3. The Kier molecular flexibility index (Phi) is 6.23. The van der Waals surface area contributed by atoms with E-state index in [4.69, 9.17) is 16.3 Å². The van der Waals surface area contributed by atoms with E-state index in [1.54, 1.807) is 19.1 Å². The highest BCUT2D eigenvalue weighted by Crippen LogP contribution is 2.24. The third-order valence-electron chi connectivity index (χ3n) is 3.18. The molecule has 0 aliphatic rings. The summed E-state index contributed by atoms with van der Waals surface area (Å²) < 4.78 is 29.8. The Hall–Kier alpha value is -2.58. The minimum atomic E-state index is -3.53. The van der Waals surface area contributed by atoms with Crippen LogP contribution in [0.3, 0.4) is 0 Å². The third-order valence-corrected chi connectivity index (χ3v) is 4.10. The van der Waals surface area contributed by atoms with Crippen molar-refractivity contribution >= 4 is 44.9 Å². The highest BCUT2D eigenvalue weighted by molar-refractivity contribution is 7.92. The smallest absolute Gasteiger partial charge is 0.338 e. The average Bonchev–Trinajstić information content (AvgIpc) is 2.56. The number of anilines is 2. The average molecular weight is 397 g/mol. The van der Waals surface area contributed by atoms with Crippen molar-refractivity contribution in [2.45, 2.75) is 6.92 Å². The van der Waals surface area contributed by atoms with Crippen LogP contribution in [0.15, 0.2) is 42.5 Å². The molecule has 0 atom stereocenters. The van der Waals surface area contributed by atoms with E-state index in [0.29, 0.717) is 11.3 Å². The van der Waals surface area contributed by atoms with Gasteiger partial charge in [0.05, 0.1) is 29.1 Å². The molecule has 2 rings (SSSR count). The number of benzene rings is 2. The van der Waals surface area contributed by atoms with Crippen LogP contribution in [0.5, 0.6) is 0 Å². The predicted octanol–water partition coefficient (Wildman–Crippen LogP) is 3.14. The van der Waals surface area contributed by atoms with Crippen LogP contribution < -0.4 is 10.0 Å². The zero-order chi connectivity index (χ0) is 19.3. The van der Waals surface area contributed by atoms with Gasteiger partial charge in [0.15, 0.2) is 0 Å². The number of rotatable bonds is 6. The van der Waals surface area contributed by atoms with Gasteiger partial charge in [0.1, 0.15) is 0 Å². The minimum Gasteiger partial charge on any atom is -0.462 e. The zero-order valence-corrected chi connectivity index (χ0v) is 15.6. The number of amides is 1. The van der Waals surface area contributed by atoms with E-state index in [2.05, 4.69) is 10.0 Å². The molecule has 138 valence electrons. The van der Waals surface area contributed by atoms with Crippen molar-refractivity contribution in [1.29, 1.82) is 0 Å². The molecule has 0 fully saturated rings. The monoisotopic (exact) mass is 396 g/mol. The Labute approximate surface area is 156 Å². The lowest BCUT2D eigenvalue weighted by molar-refractivity contribution is 0.0526. The first-order valence-electron chi connectivity index (χ1n) is 7.55. The van der Waals surface area contributed by atoms with Crippen LogP contribution in [0.1, 0.15) is 27.6 Å². The number of hydrogen-bond donors (Lipinski definition) is 2. The number of carbonyl (C=O) groups is 2. The second kappa shape index (κ2) is 8.20. The summed E-state index contributed by atoms with van der Waals surface area (Å²) in [5.41, 5.74) is 1.17. The first kappa shape index (κ1) is 19.7. The van der Waals surface area contributed by atoms with E-state index in [0.717, 1.165) is 6.26 Å². The number of nitrogens with one attached hydrogen (secondary N) is 2. The standard InChI is InChI=1S/C17H17ClN2O5S/c1-3-25-17(22)11-4-7-13(8-5-11)19-16(21)12-6-9-14(18)15(10-12)20-26(2,23)24/h4-10,20H,3H2,1-2H3,(H,19,21). The van der Waals surface area contributed by atoms with E-state index in [1.807, 2.05) is 0 Å². The lowest BCUT2D eigenvalue weighted by Crippen LogP contribution is -2.14. The maximum atomic E-state index is 12.3. The van der Waals surface area contributed by atoms with Crippen molar-refractivity contribution in [3.63, 3.8) is 0 Å². The molecular weight excluding hydrogens is 380 g/mol. The van der Waals surface area contributed by atoms with Crippen molar-refractivity contribution < 1.29 is 22.7 Å². The number of halogens is 1. The molecule has 9 heteroatoms. The van der Waals surface area contributed by atoms with E-state index >= 15 is 0 Å². The molecule has 0 aliphatic carbocycles. The molecule has 2 N–H and O–H groups in total. The number of sulfonamides is 1. The molecule has 0 saturated heterocycles. The summed E-state index contributed by atoms with van der Waals surface area (Å²) in [6, 6.07) is 10.4. The fourth-order valence-electron chi connectivity index (χ4n) is 2.05. The van der Waals surface area contributed by atoms with Gasteiger partial charge >= 0.3 is 5.97 Å². The Morgan fingerprint density at radius 2 is 1.69 bits per heavy atom. The van der Waals surface area contributed by atoms with Gasteiger partial charge < -0.3 is 10.1 Å². The Morgan fingerprint density at radius 1 is 1.08 bits per heavy atom. The summed E-state index contributed by atoms with van der Waals surface area (Å²) in [7, 11) is -3.53. The lowest BCUT2D eigenvalue weighted by Gasteiger charge is -2.10. The number of esters is 1. The van der Waals surface area contributed by atoms with Gasteiger partial charge in [-0.15, -0.1) is 0 Å². The van der Waals surface area contributed by atoms with Gasteiger partial charge in [0.25, 0.3) is 5.91 Å². The van der Waals surface area contributed by atoms with E-state index < -0.39 is 21.9 Å². The van der Waals surface area contributed by atoms with Gasteiger partial charge in [0, 0.05) is 11.3 Å². The number of carbonyl (C=O) groups excluding carboxylic acids is 2. The van der Waals surface area contributed by atoms with Crippen LogP contribution in [0, 0.1) is 0 Å². The van der Waals surface area contributed by atoms with Crippen LogP contribution in [0.4, 0.5) is 11.4 Å². The molecule has 2 aromatic carbocycles. The molecule has 1 amide bonds. The molecule has 0 aromatic heterocycles. The topological polar surface area (TPSA) is 102 Å². The van der Waals surface area contributed by atoms with E-state index in [-0.39, 0.29) is 22.9 Å². The van der Waals surface area contributed by atoms with Crippen molar-refractivity contribution in [2.75, 3.05) is 22.9 Å². The summed E-state index contributed by atoms with van der Waals surface area (Å²) in [6.07, 6.45) is 0.987. The van der Waals surface area contributed by atoms with Gasteiger partial charge in [-0.05, 0) is 49.4 Å². The van der Waals surface area contributed by atoms with Crippen molar-refractivity contribution in [3.05, 3.63) is 58.6 Å². The largest absolute Gasteiger partial charge is 0.462 e. The summed E-state index contributed by atoms with van der Waals surface area (Å²) in [5.74, 6) is -0.901. The Morgan fingerprint density at radius 3 is 2.27 bits per heavy atom. The second-order valence-corrected chi connectivity index (χ2v) is 7.48. The van der Waals surface area contributed by atoms with Crippen LogP contribution in [-0.2, 0) is 14.8 Å². The van der Waals surface area contributed by atoms with Crippen LogP contribution in [0.2, 0.25) is 5.02 Å². The maximum Gasteiger partial charge on any atom is 0.338 e. The van der Waals surface area contributed by atoms with Crippen LogP contribution >= 0.6 is 11.6 Å². The lowest BCUT2D eigenvalue weighted by atomic mass is 10.1. The van der Waals surface area contributed by atoms with Gasteiger partial charge in [-0.2, -0.15) is 0 Å². The number of hydrogen-bond acceptors (Lipinski definition) is 5. The predicted molar refractivity (Wildman–Crippen MR) is 100 cm³/mol. The molecule has 0 bridgehead atoms. The summed E-state index contributed by atoms with van der Waals surface area (Å²) in [5, 5.41) is 2.83. The highest BCUT2D eigenvalue weighted by atomic mass is 35.5. The van der Waals surface area contributed by atoms with Gasteiger partial charge in [-0.3, -0.25) is 9.52 Å². The fraction of sp³-hybridized carbons (Fsp3) is 0.176. The fourth-order valence-corrected chi connectivity index (χ4v) is 2.84. The van der Waals surface area contributed by atoms with E-state index in [1.165, 1.54) is 30.3 Å². The van der Waals surface area contributed by atoms with Crippen molar-refractivity contribution in [2.24, 2.45) is 0 Å². The summed E-state index contributed by atoms with van der Waals surface area (Å²) in [4.78, 5) is 23.9. The molecule has 7 nitrogen and oxygen atoms in total. The SMILES string of the molecule is CCOC(=O)c1ccc(NC(=O)c2ccc(Cl)c(NS(C)(=O)=O)c2)cc1. The third kappa shape index (κ3) is 5.47. The van der Waals surface area contributed by atoms with Crippen molar-refractivity contribution in [1.82, 2.24) is 0 Å². The molecule has 0 saturated carbocycles. The zero-order valence-electron chi connectivity index (χ0n) is 14.1. The quantitative estimate of drug-likeness (QED) is 0.730. The van der Waals surface area contributed by atoms with Gasteiger partial charge in [0.2, 0.25) is 10.0 Å². The highest BCUT2D eigenvalue weighted by Gasteiger charge is 2.12. The summed E-state index contributed by atoms with van der Waals surface area (Å²) in [6.45, 7) is 1.99. The minimum absolute atomic E-state index is 0.111. The van der Waals surface area contributed by atoms with Crippen molar-refractivity contribution in [3.8, 4) is 0 Å². The molecule has 0 unspecified atom stereocenters. The first-order valence-corrected chi connectivity index (χ1v) is 9.82. The molecule has 2 aromatic rings. The molecule has 0 radical (unpaired) electrons. The normalized spacial score (nSPS) is 10.9. The molecule has 26 heavy (non-hydrogen) atoms. The second-order valence-electron chi connectivity index (χ2n) is 5.32. The van der Waals surface area contributed by atoms with Gasteiger partial charge in [-0.25, -0.2) is 13.2 Å². The van der Waals surface area contributed by atoms with Crippen LogP contribution in [-0.4, -0.2) is 33.2 Å².